The molecule has 0 saturated heterocycles. The summed E-state index contributed by atoms with van der Waals surface area (Å²) in [4.78, 5) is 16.8. The van der Waals surface area contributed by atoms with E-state index in [0.717, 1.165) is 10.9 Å². The molecule has 0 bridgehead atoms. The van der Waals surface area contributed by atoms with Crippen molar-refractivity contribution in [2.24, 2.45) is 5.84 Å². The highest BCUT2D eigenvalue weighted by Gasteiger charge is 2.15. The number of nitrogens with one attached hydrogen (secondary N) is 1. The minimum atomic E-state index is -0.378. The number of hydrogen-bond donors (Lipinski definition) is 2. The van der Waals surface area contributed by atoms with E-state index in [4.69, 9.17) is 15.3 Å². The Morgan fingerprint density at radius 1 is 1.08 bits per heavy atom. The van der Waals surface area contributed by atoms with Crippen LogP contribution in [0.2, 0.25) is 0 Å². The summed E-state index contributed by atoms with van der Waals surface area (Å²) in [6.07, 6.45) is 0. The number of benzene rings is 2. The highest BCUT2D eigenvalue weighted by molar-refractivity contribution is 6.07. The Morgan fingerprint density at radius 3 is 2.58 bits per heavy atom. The first kappa shape index (κ1) is 15.8. The Kier molecular flexibility index (Phi) is 4.31. The average Bonchev–Trinajstić information content (AvgIpc) is 2.65. The van der Waals surface area contributed by atoms with Crippen molar-refractivity contribution in [2.75, 3.05) is 14.2 Å². The van der Waals surface area contributed by atoms with E-state index in [1.54, 1.807) is 32.4 Å². The van der Waals surface area contributed by atoms with E-state index in [0.29, 0.717) is 28.3 Å². The van der Waals surface area contributed by atoms with Crippen molar-refractivity contribution in [3.8, 4) is 22.8 Å². The van der Waals surface area contributed by atoms with E-state index in [-0.39, 0.29) is 5.91 Å². The summed E-state index contributed by atoms with van der Waals surface area (Å²) in [5.74, 6) is 6.25. The van der Waals surface area contributed by atoms with Crippen molar-refractivity contribution < 1.29 is 14.3 Å². The van der Waals surface area contributed by atoms with E-state index in [1.807, 2.05) is 30.3 Å². The van der Waals surface area contributed by atoms with Gasteiger partial charge in [0.2, 0.25) is 0 Å². The summed E-state index contributed by atoms with van der Waals surface area (Å²) in [6.45, 7) is 0. The number of ether oxygens (including phenoxy) is 2. The number of aromatic nitrogens is 1. The number of hydrazine groups is 1. The molecule has 0 saturated carbocycles. The van der Waals surface area contributed by atoms with Gasteiger partial charge in [-0.25, -0.2) is 10.8 Å². The molecule has 2 aromatic carbocycles. The fourth-order valence-corrected chi connectivity index (χ4v) is 2.59. The second-order valence-corrected chi connectivity index (χ2v) is 5.11. The first-order chi connectivity index (χ1) is 11.7. The smallest absolute Gasteiger partial charge is 0.265 e. The predicted molar refractivity (Wildman–Crippen MR) is 91.9 cm³/mol. The summed E-state index contributed by atoms with van der Waals surface area (Å²) in [6, 6.07) is 14.5. The SMILES string of the molecule is COc1ccc(OC)c(-c2cc(C(=O)NN)c3ccccc3n2)c1. The predicted octanol–water partition coefficient (Wildman–Crippen LogP) is 2.52. The van der Waals surface area contributed by atoms with Gasteiger partial charge in [0.1, 0.15) is 11.5 Å². The Labute approximate surface area is 139 Å². The van der Waals surface area contributed by atoms with E-state index in [2.05, 4.69) is 10.4 Å². The Balaban J connectivity index is 2.29. The van der Waals surface area contributed by atoms with Crippen LogP contribution in [-0.2, 0) is 0 Å². The second-order valence-electron chi connectivity index (χ2n) is 5.11. The number of nitrogens with zero attached hydrogens (tertiary/aromatic N) is 1. The van der Waals surface area contributed by atoms with Crippen molar-refractivity contribution in [3.63, 3.8) is 0 Å². The summed E-state index contributed by atoms with van der Waals surface area (Å²) in [5.41, 5.74) is 4.65. The van der Waals surface area contributed by atoms with Crippen LogP contribution in [0.5, 0.6) is 11.5 Å². The molecule has 1 aromatic heterocycles. The molecular formula is C18H17N3O3. The lowest BCUT2D eigenvalue weighted by molar-refractivity contribution is 0.0955. The summed E-state index contributed by atoms with van der Waals surface area (Å²) < 4.78 is 10.7. The number of carbonyl (C=O) groups is 1. The lowest BCUT2D eigenvalue weighted by Gasteiger charge is -2.12. The van der Waals surface area contributed by atoms with Gasteiger partial charge in [-0.05, 0) is 30.3 Å². The maximum Gasteiger partial charge on any atom is 0.265 e. The summed E-state index contributed by atoms with van der Waals surface area (Å²) in [5, 5.41) is 0.728. The second kappa shape index (κ2) is 6.55. The van der Waals surface area contributed by atoms with Gasteiger partial charge in [-0.2, -0.15) is 0 Å². The monoisotopic (exact) mass is 323 g/mol. The number of carbonyl (C=O) groups excluding carboxylic acids is 1. The third-order valence-corrected chi connectivity index (χ3v) is 3.77. The lowest BCUT2D eigenvalue weighted by Crippen LogP contribution is -2.30. The molecule has 0 radical (unpaired) electrons. The lowest BCUT2D eigenvalue weighted by atomic mass is 10.0. The summed E-state index contributed by atoms with van der Waals surface area (Å²) in [7, 11) is 3.17. The van der Waals surface area contributed by atoms with Gasteiger partial charge in [-0.3, -0.25) is 10.2 Å². The minimum absolute atomic E-state index is 0.378. The molecule has 0 aliphatic carbocycles. The van der Waals surface area contributed by atoms with E-state index in [1.165, 1.54) is 0 Å². The van der Waals surface area contributed by atoms with Gasteiger partial charge < -0.3 is 9.47 Å². The van der Waals surface area contributed by atoms with E-state index < -0.39 is 0 Å². The molecule has 122 valence electrons. The van der Waals surface area contributed by atoms with Gasteiger partial charge in [-0.15, -0.1) is 0 Å². The third-order valence-electron chi connectivity index (χ3n) is 3.77. The maximum atomic E-state index is 12.2. The number of para-hydroxylation sites is 1. The summed E-state index contributed by atoms with van der Waals surface area (Å²) >= 11 is 0. The molecule has 0 aliphatic heterocycles. The zero-order valence-electron chi connectivity index (χ0n) is 13.4. The quantitative estimate of drug-likeness (QED) is 0.438. The normalized spacial score (nSPS) is 10.5. The van der Waals surface area contributed by atoms with Crippen molar-refractivity contribution in [2.45, 2.75) is 0 Å². The Morgan fingerprint density at radius 2 is 1.88 bits per heavy atom. The van der Waals surface area contributed by atoms with Gasteiger partial charge in [-0.1, -0.05) is 18.2 Å². The number of nitrogens with two attached hydrogens (primary N) is 1. The van der Waals surface area contributed by atoms with Gasteiger partial charge in [0, 0.05) is 10.9 Å². The van der Waals surface area contributed by atoms with Crippen LogP contribution in [0, 0.1) is 0 Å². The molecule has 0 fully saturated rings. The number of methoxy groups -OCH3 is 2. The number of hydrogen-bond acceptors (Lipinski definition) is 5. The van der Waals surface area contributed by atoms with Crippen LogP contribution in [0.25, 0.3) is 22.2 Å². The van der Waals surface area contributed by atoms with E-state index >= 15 is 0 Å². The Hall–Kier alpha value is -3.12. The zero-order valence-corrected chi connectivity index (χ0v) is 13.4. The van der Waals surface area contributed by atoms with Crippen LogP contribution in [0.15, 0.2) is 48.5 Å². The minimum Gasteiger partial charge on any atom is -0.497 e. The molecular weight excluding hydrogens is 306 g/mol. The van der Waals surface area contributed by atoms with Crippen molar-refractivity contribution >= 4 is 16.8 Å². The van der Waals surface area contributed by atoms with Crippen LogP contribution in [-0.4, -0.2) is 25.1 Å². The molecule has 3 rings (SSSR count). The molecule has 3 aromatic rings. The number of amides is 1. The fourth-order valence-electron chi connectivity index (χ4n) is 2.59. The van der Waals surface area contributed by atoms with Crippen LogP contribution in [0.1, 0.15) is 10.4 Å². The molecule has 6 heteroatoms. The number of pyridine rings is 1. The molecule has 1 amide bonds. The third kappa shape index (κ3) is 2.75. The first-order valence-corrected chi connectivity index (χ1v) is 7.31. The zero-order chi connectivity index (χ0) is 17.1. The first-order valence-electron chi connectivity index (χ1n) is 7.31. The molecule has 0 aliphatic rings. The topological polar surface area (TPSA) is 86.5 Å². The molecule has 24 heavy (non-hydrogen) atoms. The molecule has 0 atom stereocenters. The molecule has 0 spiro atoms. The number of nitrogen functional groups attached to an aromatic ring is 1. The van der Waals surface area contributed by atoms with Crippen LogP contribution in [0.4, 0.5) is 0 Å². The largest absolute Gasteiger partial charge is 0.497 e. The maximum absolute atomic E-state index is 12.2. The van der Waals surface area contributed by atoms with Gasteiger partial charge >= 0.3 is 0 Å². The highest BCUT2D eigenvalue weighted by atomic mass is 16.5. The molecule has 6 nitrogen and oxygen atoms in total. The van der Waals surface area contributed by atoms with Crippen molar-refractivity contribution in [3.05, 3.63) is 54.1 Å². The highest BCUT2D eigenvalue weighted by Crippen LogP contribution is 2.34. The van der Waals surface area contributed by atoms with Crippen LogP contribution >= 0.6 is 0 Å². The van der Waals surface area contributed by atoms with Crippen molar-refractivity contribution in [1.82, 2.24) is 10.4 Å². The van der Waals surface area contributed by atoms with Gasteiger partial charge in [0.15, 0.2) is 0 Å². The van der Waals surface area contributed by atoms with Gasteiger partial charge in [0.05, 0.1) is 31.0 Å². The fraction of sp³-hybridized carbons (Fsp3) is 0.111. The molecule has 1 heterocycles. The van der Waals surface area contributed by atoms with Crippen LogP contribution in [0.3, 0.4) is 0 Å². The van der Waals surface area contributed by atoms with Crippen molar-refractivity contribution in [1.29, 1.82) is 0 Å². The molecule has 0 unspecified atom stereocenters. The standard InChI is InChI=1S/C18H17N3O3/c1-23-11-7-8-17(24-2)14(9-11)16-10-13(18(22)21-19)12-5-3-4-6-15(12)20-16/h3-10H,19H2,1-2H3,(H,21,22). The Bertz CT molecular complexity index is 909. The van der Waals surface area contributed by atoms with Gasteiger partial charge in [0.25, 0.3) is 5.91 Å². The number of rotatable bonds is 4. The van der Waals surface area contributed by atoms with E-state index in [9.17, 15) is 4.79 Å². The number of fused-ring (bicyclic) bond motifs is 1. The van der Waals surface area contributed by atoms with Crippen LogP contribution < -0.4 is 20.7 Å². The average molecular weight is 323 g/mol. The molecule has 3 N–H and O–H groups in total.